The van der Waals surface area contributed by atoms with E-state index in [0.717, 1.165) is 16.3 Å². The molecular formula is C26H25N7O5S2. The van der Waals surface area contributed by atoms with Crippen molar-refractivity contribution in [3.63, 3.8) is 0 Å². The number of aromatic nitrogens is 2. The van der Waals surface area contributed by atoms with E-state index < -0.39 is 11.9 Å². The summed E-state index contributed by atoms with van der Waals surface area (Å²) in [4.78, 5) is 56.2. The second-order valence-electron chi connectivity index (χ2n) is 9.45. The maximum absolute atomic E-state index is 13.3. The lowest BCUT2D eigenvalue weighted by atomic mass is 10.1. The third-order valence-corrected chi connectivity index (χ3v) is 8.71. The van der Waals surface area contributed by atoms with Gasteiger partial charge in [0.15, 0.2) is 16.0 Å². The molecule has 2 fully saturated rings. The van der Waals surface area contributed by atoms with E-state index in [1.54, 1.807) is 35.4 Å². The van der Waals surface area contributed by atoms with Gasteiger partial charge in [0.05, 0.1) is 43.1 Å². The van der Waals surface area contributed by atoms with Crippen LogP contribution in [0.2, 0.25) is 0 Å². The summed E-state index contributed by atoms with van der Waals surface area (Å²) in [6.07, 6.45) is 1.71. The molecule has 2 amide bonds. The minimum atomic E-state index is -0.982. The molecule has 40 heavy (non-hydrogen) atoms. The van der Waals surface area contributed by atoms with Crippen LogP contribution in [0.1, 0.15) is 15.4 Å². The number of urea groups is 1. The van der Waals surface area contributed by atoms with Gasteiger partial charge < -0.3 is 20.1 Å². The molecule has 206 valence electrons. The van der Waals surface area contributed by atoms with Crippen molar-refractivity contribution in [2.75, 3.05) is 51.3 Å². The number of aromatic carboxylic acids is 1. The van der Waals surface area contributed by atoms with Crippen LogP contribution in [0, 0.1) is 0 Å². The number of amides is 2. The number of hydrogen-bond donors (Lipinski definition) is 2. The van der Waals surface area contributed by atoms with Gasteiger partial charge in [0, 0.05) is 54.4 Å². The second kappa shape index (κ2) is 10.8. The number of esters is 1. The monoisotopic (exact) mass is 579 g/mol. The number of rotatable bonds is 7. The molecule has 0 bridgehead atoms. The number of aliphatic imine (C=N–C) groups is 1. The molecule has 0 radical (unpaired) electrons. The number of methoxy groups -OCH3 is 1. The van der Waals surface area contributed by atoms with Crippen LogP contribution in [0.4, 0.5) is 9.93 Å². The van der Waals surface area contributed by atoms with Gasteiger partial charge in [-0.15, -0.1) is 22.7 Å². The highest BCUT2D eigenvalue weighted by atomic mass is 32.1. The number of ether oxygens (including phenoxy) is 1. The van der Waals surface area contributed by atoms with Gasteiger partial charge in [-0.25, -0.2) is 24.4 Å². The zero-order chi connectivity index (χ0) is 27.8. The van der Waals surface area contributed by atoms with Gasteiger partial charge in [0.2, 0.25) is 0 Å². The highest BCUT2D eigenvalue weighted by Crippen LogP contribution is 2.32. The van der Waals surface area contributed by atoms with E-state index in [4.69, 9.17) is 9.84 Å². The Morgan fingerprint density at radius 3 is 2.73 bits per heavy atom. The fourth-order valence-corrected chi connectivity index (χ4v) is 6.46. The van der Waals surface area contributed by atoms with E-state index in [0.29, 0.717) is 55.0 Å². The first kappa shape index (κ1) is 26.1. The first-order valence-electron chi connectivity index (χ1n) is 12.5. The van der Waals surface area contributed by atoms with Crippen molar-refractivity contribution < 1.29 is 24.2 Å². The van der Waals surface area contributed by atoms with E-state index in [-0.39, 0.29) is 24.2 Å². The van der Waals surface area contributed by atoms with Crippen LogP contribution in [0.3, 0.4) is 0 Å². The lowest BCUT2D eigenvalue weighted by molar-refractivity contribution is -0.136. The molecular weight excluding hydrogens is 554 g/mol. The largest absolute Gasteiger partial charge is 0.478 e. The molecule has 0 saturated carbocycles. The van der Waals surface area contributed by atoms with E-state index >= 15 is 0 Å². The fraction of sp³-hybridized carbons (Fsp3) is 0.308. The van der Waals surface area contributed by atoms with Crippen molar-refractivity contribution in [2.45, 2.75) is 6.04 Å². The third-order valence-electron chi connectivity index (χ3n) is 7.06. The summed E-state index contributed by atoms with van der Waals surface area (Å²) in [6.45, 7) is 3.05. The predicted molar refractivity (Wildman–Crippen MR) is 150 cm³/mol. The normalized spacial score (nSPS) is 19.4. The lowest BCUT2D eigenvalue weighted by Crippen LogP contribution is -2.53. The number of carboxylic acid groups (broad SMARTS) is 1. The number of nitrogens with zero attached hydrogens (tertiary/aromatic N) is 6. The Morgan fingerprint density at radius 2 is 2.00 bits per heavy atom. The maximum Gasteiger partial charge on any atom is 0.337 e. The van der Waals surface area contributed by atoms with Crippen LogP contribution in [-0.4, -0.2) is 101 Å². The Labute approximate surface area is 237 Å². The molecule has 0 spiro atoms. The van der Waals surface area contributed by atoms with Crippen LogP contribution in [-0.2, 0) is 9.53 Å². The van der Waals surface area contributed by atoms with E-state index in [2.05, 4.69) is 25.2 Å². The smallest absolute Gasteiger partial charge is 0.337 e. The summed E-state index contributed by atoms with van der Waals surface area (Å²) in [5.41, 5.74) is 2.92. The number of amidine groups is 1. The Hall–Kier alpha value is -4.14. The summed E-state index contributed by atoms with van der Waals surface area (Å²) >= 11 is 2.86. The fourth-order valence-electron chi connectivity index (χ4n) is 5.02. The highest BCUT2D eigenvalue weighted by molar-refractivity contribution is 7.14. The molecule has 5 heterocycles. The zero-order valence-corrected chi connectivity index (χ0v) is 23.1. The van der Waals surface area contributed by atoms with Gasteiger partial charge in [-0.2, -0.15) is 0 Å². The van der Waals surface area contributed by atoms with Crippen molar-refractivity contribution in [3.8, 4) is 11.3 Å². The van der Waals surface area contributed by atoms with E-state index in [9.17, 15) is 14.4 Å². The number of hydrogen-bond acceptors (Lipinski definition) is 11. The first-order chi connectivity index (χ1) is 19.4. The van der Waals surface area contributed by atoms with Crippen molar-refractivity contribution in [3.05, 3.63) is 63.1 Å². The number of carboxylic acids is 1. The Kier molecular flexibility index (Phi) is 7.04. The van der Waals surface area contributed by atoms with Gasteiger partial charge in [0.1, 0.15) is 0 Å². The molecule has 14 heteroatoms. The molecule has 3 aromatic rings. The predicted octanol–water partition coefficient (Wildman–Crippen LogP) is 2.37. The van der Waals surface area contributed by atoms with Crippen LogP contribution >= 0.6 is 22.7 Å². The van der Waals surface area contributed by atoms with Crippen LogP contribution in [0.15, 0.2) is 57.5 Å². The van der Waals surface area contributed by atoms with Gasteiger partial charge in [0.25, 0.3) is 0 Å². The number of carbonyl (C=O) groups is 3. The molecule has 12 nitrogen and oxygen atoms in total. The minimum Gasteiger partial charge on any atom is -0.478 e. The van der Waals surface area contributed by atoms with Crippen LogP contribution < -0.4 is 10.2 Å². The average molecular weight is 580 g/mol. The molecule has 3 aliphatic rings. The topological polar surface area (TPSA) is 141 Å². The molecule has 0 aliphatic carbocycles. The molecule has 1 atom stereocenters. The molecule has 1 aromatic carbocycles. The Bertz CT molecular complexity index is 1520. The molecule has 2 aromatic heterocycles. The number of nitrogens with one attached hydrogen (secondary N) is 1. The van der Waals surface area contributed by atoms with Crippen molar-refractivity contribution in [1.82, 2.24) is 25.1 Å². The molecule has 1 unspecified atom stereocenters. The zero-order valence-electron chi connectivity index (χ0n) is 21.4. The summed E-state index contributed by atoms with van der Waals surface area (Å²) in [5, 5.41) is 17.6. The number of fused-ring (bicyclic) bond motifs is 1. The Morgan fingerprint density at radius 1 is 1.18 bits per heavy atom. The first-order valence-corrected chi connectivity index (χ1v) is 14.3. The minimum absolute atomic E-state index is 0.0266. The molecule has 6 rings (SSSR count). The lowest BCUT2D eigenvalue weighted by Gasteiger charge is -2.37. The van der Waals surface area contributed by atoms with E-state index in [1.165, 1.54) is 29.8 Å². The summed E-state index contributed by atoms with van der Waals surface area (Å²) in [5.74, 6) is -0.762. The number of benzene rings is 1. The van der Waals surface area contributed by atoms with Crippen molar-refractivity contribution >= 4 is 51.6 Å². The van der Waals surface area contributed by atoms with Crippen molar-refractivity contribution in [1.29, 1.82) is 0 Å². The third kappa shape index (κ3) is 4.96. The summed E-state index contributed by atoms with van der Waals surface area (Å²) in [7, 11) is 1.36. The molecule has 2 N–H and O–H groups in total. The van der Waals surface area contributed by atoms with Crippen molar-refractivity contribution in [2.24, 2.45) is 4.99 Å². The molecule has 2 saturated heterocycles. The second-order valence-corrected chi connectivity index (χ2v) is 11.2. The summed E-state index contributed by atoms with van der Waals surface area (Å²) in [6, 6.07) is 6.42. The van der Waals surface area contributed by atoms with Gasteiger partial charge in [-0.05, 0) is 12.1 Å². The van der Waals surface area contributed by atoms with Gasteiger partial charge >= 0.3 is 18.0 Å². The average Bonchev–Trinajstić information content (AvgIpc) is 3.74. The standard InChI is InChI=1S/C26H25N7O5S2/c1-38-24(36)18-10-28-21(22-27-6-9-39-22)29-19(18)13-31-7-8-32-17(11-31)12-33(26(32)37)25-30-20(14-40-25)15-2-4-16(5-3-15)23(34)35/h2-6,9,14,17H,7-8,10-13H2,1H3,(H,28,29)(H,34,35). The van der Waals surface area contributed by atoms with Gasteiger partial charge in [-0.3, -0.25) is 14.8 Å². The SMILES string of the molecule is COC(=O)C1=C(CN2CCN3C(=O)N(c4nc(-c5ccc(C(=O)O)cc5)cs4)CC3C2)NC(c2nccs2)=NC1. The number of thiazole rings is 2. The maximum atomic E-state index is 13.3. The number of anilines is 1. The van der Waals surface area contributed by atoms with Gasteiger partial charge in [-0.1, -0.05) is 12.1 Å². The number of piperazine rings is 1. The molecule has 3 aliphatic heterocycles. The summed E-state index contributed by atoms with van der Waals surface area (Å²) < 4.78 is 5.00. The van der Waals surface area contributed by atoms with E-state index in [1.807, 2.05) is 15.7 Å². The quantitative estimate of drug-likeness (QED) is 0.404. The Balaban J connectivity index is 1.14. The van der Waals surface area contributed by atoms with Crippen LogP contribution in [0.25, 0.3) is 11.3 Å². The number of carbonyl (C=O) groups excluding carboxylic acids is 2. The highest BCUT2D eigenvalue weighted by Gasteiger charge is 2.42. The van der Waals surface area contributed by atoms with Crippen LogP contribution in [0.5, 0.6) is 0 Å².